The molecule has 2 heterocycles. The molecule has 37 heavy (non-hydrogen) atoms. The smallest absolute Gasteiger partial charge is 0.316 e. The van der Waals surface area contributed by atoms with Crippen molar-refractivity contribution in [1.82, 2.24) is 24.5 Å². The maximum Gasteiger partial charge on any atom is 0.316 e. The molecule has 196 valence electrons. The first-order valence-electron chi connectivity index (χ1n) is 11.8. The fourth-order valence-corrected chi connectivity index (χ4v) is 6.04. The van der Waals surface area contributed by atoms with Gasteiger partial charge in [-0.1, -0.05) is 30.3 Å². The van der Waals surface area contributed by atoms with Gasteiger partial charge in [0.25, 0.3) is 5.91 Å². The number of nitrogens with one attached hydrogen (secondary N) is 1. The number of piperidine rings is 1. The molecule has 4 rings (SSSR count). The Morgan fingerprint density at radius 3 is 2.51 bits per heavy atom. The van der Waals surface area contributed by atoms with E-state index in [4.69, 9.17) is 4.74 Å². The Bertz CT molecular complexity index is 1370. The molecule has 13 heteroatoms. The van der Waals surface area contributed by atoms with Gasteiger partial charge in [0.1, 0.15) is 0 Å². The van der Waals surface area contributed by atoms with E-state index in [1.54, 1.807) is 4.68 Å². The predicted molar refractivity (Wildman–Crippen MR) is 138 cm³/mol. The van der Waals surface area contributed by atoms with Crippen molar-refractivity contribution in [2.75, 3.05) is 30.8 Å². The Hall–Kier alpha value is -3.29. The number of hydrogen-bond acceptors (Lipinski definition) is 9. The number of carbonyl (C=O) groups is 2. The predicted octanol–water partition coefficient (Wildman–Crippen LogP) is 2.73. The molecule has 0 bridgehead atoms. The highest BCUT2D eigenvalue weighted by molar-refractivity contribution is 7.99. The summed E-state index contributed by atoms with van der Waals surface area (Å²) in [4.78, 5) is 24.6. The van der Waals surface area contributed by atoms with Gasteiger partial charge in [-0.3, -0.25) is 9.59 Å². The minimum absolute atomic E-state index is 0.0818. The summed E-state index contributed by atoms with van der Waals surface area (Å²) in [5, 5.41) is 14.7. The summed E-state index contributed by atoms with van der Waals surface area (Å²) in [7, 11) is -3.55. The van der Waals surface area contributed by atoms with Gasteiger partial charge in [-0.05, 0) is 78.6 Å². The second-order valence-electron chi connectivity index (χ2n) is 8.65. The van der Waals surface area contributed by atoms with Crippen LogP contribution in [0.15, 0.2) is 52.5 Å². The van der Waals surface area contributed by atoms with Crippen molar-refractivity contribution in [2.45, 2.75) is 43.2 Å². The number of sulfonamides is 1. The van der Waals surface area contributed by atoms with E-state index >= 15 is 0 Å². The van der Waals surface area contributed by atoms with Crippen molar-refractivity contribution in [3.63, 3.8) is 0 Å². The second kappa shape index (κ2) is 11.8. The maximum absolute atomic E-state index is 12.7. The number of amides is 1. The molecule has 1 saturated heterocycles. The van der Waals surface area contributed by atoms with Crippen LogP contribution in [0.25, 0.3) is 5.69 Å². The van der Waals surface area contributed by atoms with Crippen LogP contribution in [0.1, 0.15) is 30.4 Å². The number of esters is 1. The monoisotopic (exact) mass is 544 g/mol. The van der Waals surface area contributed by atoms with Crippen LogP contribution in [0.5, 0.6) is 0 Å². The highest BCUT2D eigenvalue weighted by atomic mass is 32.2. The number of aryl methyl sites for hydroxylation is 2. The Morgan fingerprint density at radius 2 is 1.78 bits per heavy atom. The number of ether oxygens (including phenoxy) is 1. The molecular formula is C24H28N6O5S2. The minimum atomic E-state index is -3.55. The molecule has 1 fully saturated rings. The third kappa shape index (κ3) is 6.73. The first kappa shape index (κ1) is 26.8. The molecular weight excluding hydrogens is 516 g/mol. The Morgan fingerprint density at radius 1 is 1.05 bits per heavy atom. The van der Waals surface area contributed by atoms with Crippen LogP contribution in [0.4, 0.5) is 5.69 Å². The molecule has 0 atom stereocenters. The lowest BCUT2D eigenvalue weighted by Crippen LogP contribution is -2.35. The molecule has 0 aliphatic carbocycles. The average molecular weight is 545 g/mol. The lowest BCUT2D eigenvalue weighted by Gasteiger charge is -2.25. The molecule has 0 radical (unpaired) electrons. The fourth-order valence-electron chi connectivity index (χ4n) is 3.84. The summed E-state index contributed by atoms with van der Waals surface area (Å²) in [6.07, 6.45) is 2.74. The number of aromatic nitrogens is 4. The molecule has 1 amide bonds. The highest BCUT2D eigenvalue weighted by Crippen LogP contribution is 2.23. The molecule has 1 N–H and O–H groups in total. The number of carbonyl (C=O) groups excluding carboxylic acids is 2. The quantitative estimate of drug-likeness (QED) is 0.318. The maximum atomic E-state index is 12.7. The van der Waals surface area contributed by atoms with Gasteiger partial charge in [0.2, 0.25) is 15.2 Å². The zero-order valence-electron chi connectivity index (χ0n) is 20.6. The highest BCUT2D eigenvalue weighted by Gasteiger charge is 2.25. The number of thioether (sulfide) groups is 1. The summed E-state index contributed by atoms with van der Waals surface area (Å²) < 4.78 is 33.6. The largest absolute Gasteiger partial charge is 0.455 e. The fraction of sp³-hybridized carbons (Fsp3) is 0.375. The first-order valence-corrected chi connectivity index (χ1v) is 14.2. The SMILES string of the molecule is Cc1ccc(C)c(-n2nnnc2SCC(=O)OCC(=O)Nc2ccc(S(=O)(=O)N3CCCCC3)cc2)c1. The van der Waals surface area contributed by atoms with E-state index in [9.17, 15) is 18.0 Å². The van der Waals surface area contributed by atoms with Crippen LogP contribution in [-0.2, 0) is 24.3 Å². The van der Waals surface area contributed by atoms with Crippen LogP contribution in [0, 0.1) is 13.8 Å². The summed E-state index contributed by atoms with van der Waals surface area (Å²) in [6, 6.07) is 11.9. The normalized spacial score (nSPS) is 14.3. The van der Waals surface area contributed by atoms with E-state index in [1.807, 2.05) is 32.0 Å². The van der Waals surface area contributed by atoms with Gasteiger partial charge >= 0.3 is 5.97 Å². The Balaban J connectivity index is 1.26. The second-order valence-corrected chi connectivity index (χ2v) is 11.5. The summed E-state index contributed by atoms with van der Waals surface area (Å²) in [6.45, 7) is 4.47. The van der Waals surface area contributed by atoms with E-state index in [-0.39, 0.29) is 10.6 Å². The molecule has 1 aromatic heterocycles. The third-order valence-corrected chi connectivity index (χ3v) is 8.61. The van der Waals surface area contributed by atoms with E-state index < -0.39 is 28.5 Å². The topological polar surface area (TPSA) is 136 Å². The van der Waals surface area contributed by atoms with Gasteiger partial charge in [0, 0.05) is 18.8 Å². The van der Waals surface area contributed by atoms with Crippen LogP contribution in [0.3, 0.4) is 0 Å². The van der Waals surface area contributed by atoms with Crippen molar-refractivity contribution >= 4 is 39.3 Å². The van der Waals surface area contributed by atoms with E-state index in [0.717, 1.165) is 47.8 Å². The first-order chi connectivity index (χ1) is 17.7. The van der Waals surface area contributed by atoms with E-state index in [1.165, 1.54) is 28.6 Å². The lowest BCUT2D eigenvalue weighted by molar-refractivity contribution is -0.144. The molecule has 11 nitrogen and oxygen atoms in total. The molecule has 3 aromatic rings. The zero-order valence-corrected chi connectivity index (χ0v) is 22.2. The molecule has 0 saturated carbocycles. The van der Waals surface area contributed by atoms with Gasteiger partial charge < -0.3 is 10.1 Å². The van der Waals surface area contributed by atoms with Gasteiger partial charge in [-0.15, -0.1) is 5.10 Å². The van der Waals surface area contributed by atoms with E-state index in [2.05, 4.69) is 20.8 Å². The van der Waals surface area contributed by atoms with Gasteiger partial charge in [0.15, 0.2) is 6.61 Å². The standard InChI is InChI=1S/C24H28N6O5S2/c1-17-6-7-18(2)21(14-17)30-24(26-27-28-30)36-16-23(32)35-15-22(31)25-19-8-10-20(11-9-19)37(33,34)29-12-4-3-5-13-29/h6-11,14H,3-5,12-13,15-16H2,1-2H3,(H,25,31). The van der Waals surface area contributed by atoms with Gasteiger partial charge in [-0.2, -0.15) is 8.99 Å². The number of rotatable bonds is 9. The van der Waals surface area contributed by atoms with Crippen molar-refractivity contribution in [1.29, 1.82) is 0 Å². The minimum Gasteiger partial charge on any atom is -0.455 e. The number of anilines is 1. The number of hydrogen-bond donors (Lipinski definition) is 1. The van der Waals surface area contributed by atoms with Gasteiger partial charge in [0.05, 0.1) is 16.3 Å². The lowest BCUT2D eigenvalue weighted by atomic mass is 10.1. The van der Waals surface area contributed by atoms with Crippen molar-refractivity contribution in [2.24, 2.45) is 0 Å². The molecule has 1 aliphatic heterocycles. The molecule has 0 spiro atoms. The summed E-state index contributed by atoms with van der Waals surface area (Å²) in [5.74, 6) is -1.22. The van der Waals surface area contributed by atoms with Crippen LogP contribution >= 0.6 is 11.8 Å². The van der Waals surface area contributed by atoms with E-state index in [0.29, 0.717) is 23.9 Å². The Kier molecular flexibility index (Phi) is 8.56. The number of tetrazole rings is 1. The van der Waals surface area contributed by atoms with Crippen LogP contribution in [0.2, 0.25) is 0 Å². The summed E-state index contributed by atoms with van der Waals surface area (Å²) >= 11 is 1.10. The molecule has 1 aliphatic rings. The molecule has 2 aromatic carbocycles. The Labute approximate surface area is 219 Å². The van der Waals surface area contributed by atoms with Crippen molar-refractivity contribution < 1.29 is 22.7 Å². The zero-order chi connectivity index (χ0) is 26.4. The number of nitrogens with zero attached hydrogens (tertiary/aromatic N) is 5. The van der Waals surface area contributed by atoms with Crippen molar-refractivity contribution in [3.05, 3.63) is 53.6 Å². The molecule has 0 unspecified atom stereocenters. The average Bonchev–Trinajstić information content (AvgIpc) is 3.37. The van der Waals surface area contributed by atoms with Gasteiger partial charge in [-0.25, -0.2) is 8.42 Å². The third-order valence-electron chi connectivity index (χ3n) is 5.81. The summed E-state index contributed by atoms with van der Waals surface area (Å²) in [5.41, 5.74) is 3.25. The van der Waals surface area contributed by atoms with Crippen molar-refractivity contribution in [3.8, 4) is 5.69 Å². The number of benzene rings is 2. The van der Waals surface area contributed by atoms with Crippen LogP contribution < -0.4 is 5.32 Å². The van der Waals surface area contributed by atoms with Crippen LogP contribution in [-0.4, -0.2) is 70.3 Å².